The highest BCUT2D eigenvalue weighted by atomic mass is 79.9. The standard InChI is InChI=1S/C14H25BrN2O2/c1-12(11-15)5-6-16-7-9-17(10-8-16)13(18)19-14(2,3)4/h1,5-11H2,2-4H3. The van der Waals surface area contributed by atoms with Crippen molar-refractivity contribution in [1.82, 2.24) is 9.80 Å². The van der Waals surface area contributed by atoms with Gasteiger partial charge in [-0.25, -0.2) is 4.79 Å². The number of hydrogen-bond donors (Lipinski definition) is 0. The second kappa shape index (κ2) is 7.29. The van der Waals surface area contributed by atoms with Crippen molar-refractivity contribution < 1.29 is 9.53 Å². The van der Waals surface area contributed by atoms with Crippen molar-refractivity contribution in [1.29, 1.82) is 0 Å². The number of alkyl halides is 1. The lowest BCUT2D eigenvalue weighted by Gasteiger charge is -2.35. The molecule has 0 aromatic rings. The molecule has 1 aliphatic rings. The van der Waals surface area contributed by atoms with Crippen LogP contribution in [0, 0.1) is 0 Å². The Hall–Kier alpha value is -0.550. The molecule has 1 heterocycles. The fourth-order valence-electron chi connectivity index (χ4n) is 1.86. The first-order valence-electron chi connectivity index (χ1n) is 6.75. The molecule has 1 rings (SSSR count). The SMILES string of the molecule is C=C(CBr)CCN1CCN(C(=O)OC(C)(C)C)CC1. The summed E-state index contributed by atoms with van der Waals surface area (Å²) >= 11 is 3.41. The highest BCUT2D eigenvalue weighted by Gasteiger charge is 2.25. The van der Waals surface area contributed by atoms with E-state index in [2.05, 4.69) is 27.4 Å². The third-order valence-corrected chi connectivity index (χ3v) is 3.79. The van der Waals surface area contributed by atoms with Gasteiger partial charge in [0.15, 0.2) is 0 Å². The number of ether oxygens (including phenoxy) is 1. The number of piperazine rings is 1. The van der Waals surface area contributed by atoms with Crippen LogP contribution in [-0.4, -0.2) is 59.5 Å². The number of amides is 1. The van der Waals surface area contributed by atoms with Gasteiger partial charge in [0.2, 0.25) is 0 Å². The van der Waals surface area contributed by atoms with Gasteiger partial charge >= 0.3 is 6.09 Å². The van der Waals surface area contributed by atoms with Crippen LogP contribution in [0.15, 0.2) is 12.2 Å². The van der Waals surface area contributed by atoms with Crippen molar-refractivity contribution in [3.63, 3.8) is 0 Å². The van der Waals surface area contributed by atoms with E-state index in [9.17, 15) is 4.79 Å². The summed E-state index contributed by atoms with van der Waals surface area (Å²) in [6.07, 6.45) is 0.814. The molecule has 1 saturated heterocycles. The summed E-state index contributed by atoms with van der Waals surface area (Å²) in [6, 6.07) is 0. The second-order valence-electron chi connectivity index (χ2n) is 5.94. The van der Waals surface area contributed by atoms with E-state index in [4.69, 9.17) is 4.74 Å². The Morgan fingerprint density at radius 1 is 1.26 bits per heavy atom. The first kappa shape index (κ1) is 16.5. The maximum absolute atomic E-state index is 11.9. The smallest absolute Gasteiger partial charge is 0.410 e. The predicted molar refractivity (Wildman–Crippen MR) is 81.8 cm³/mol. The van der Waals surface area contributed by atoms with Gasteiger partial charge in [-0.2, -0.15) is 0 Å². The Morgan fingerprint density at radius 2 is 1.84 bits per heavy atom. The van der Waals surface area contributed by atoms with E-state index in [0.717, 1.165) is 44.5 Å². The molecule has 5 heteroatoms. The number of carbonyl (C=O) groups is 1. The molecule has 19 heavy (non-hydrogen) atoms. The average Bonchev–Trinajstić information content (AvgIpc) is 2.34. The van der Waals surface area contributed by atoms with Gasteiger partial charge in [-0.1, -0.05) is 28.1 Å². The van der Waals surface area contributed by atoms with Crippen molar-refractivity contribution in [3.05, 3.63) is 12.2 Å². The molecule has 1 amide bonds. The minimum Gasteiger partial charge on any atom is -0.444 e. The van der Waals surface area contributed by atoms with Gasteiger partial charge in [-0.3, -0.25) is 4.90 Å². The maximum Gasteiger partial charge on any atom is 0.410 e. The molecule has 0 unspecified atom stereocenters. The van der Waals surface area contributed by atoms with E-state index in [1.165, 1.54) is 5.57 Å². The van der Waals surface area contributed by atoms with Crippen LogP contribution in [0.5, 0.6) is 0 Å². The van der Waals surface area contributed by atoms with E-state index < -0.39 is 5.60 Å². The summed E-state index contributed by atoms with van der Waals surface area (Å²) in [7, 11) is 0. The van der Waals surface area contributed by atoms with E-state index in [1.807, 2.05) is 20.8 Å². The van der Waals surface area contributed by atoms with Crippen LogP contribution in [0.25, 0.3) is 0 Å². The largest absolute Gasteiger partial charge is 0.444 e. The van der Waals surface area contributed by atoms with Gasteiger partial charge in [-0.15, -0.1) is 0 Å². The molecule has 0 aromatic heterocycles. The van der Waals surface area contributed by atoms with Crippen molar-refractivity contribution in [2.45, 2.75) is 32.8 Å². The van der Waals surface area contributed by atoms with Crippen LogP contribution in [-0.2, 0) is 4.74 Å². The molecule has 1 fully saturated rings. The highest BCUT2D eigenvalue weighted by Crippen LogP contribution is 2.12. The van der Waals surface area contributed by atoms with E-state index >= 15 is 0 Å². The van der Waals surface area contributed by atoms with Crippen LogP contribution >= 0.6 is 15.9 Å². The first-order chi connectivity index (χ1) is 8.81. The second-order valence-corrected chi connectivity index (χ2v) is 6.50. The summed E-state index contributed by atoms with van der Waals surface area (Å²) in [4.78, 5) is 16.1. The molecule has 4 nitrogen and oxygen atoms in total. The Balaban J connectivity index is 2.29. The van der Waals surface area contributed by atoms with Crippen LogP contribution in [0.4, 0.5) is 4.79 Å². The van der Waals surface area contributed by atoms with Gasteiger partial charge in [0.1, 0.15) is 5.60 Å². The minimum absolute atomic E-state index is 0.197. The van der Waals surface area contributed by atoms with E-state index in [-0.39, 0.29) is 6.09 Å². The molecule has 0 bridgehead atoms. The van der Waals surface area contributed by atoms with Crippen LogP contribution in [0.3, 0.4) is 0 Å². The normalized spacial score (nSPS) is 17.4. The Morgan fingerprint density at radius 3 is 2.32 bits per heavy atom. The molecule has 0 saturated carbocycles. The fourth-order valence-corrected chi connectivity index (χ4v) is 2.14. The van der Waals surface area contributed by atoms with Crippen LogP contribution in [0.1, 0.15) is 27.2 Å². The monoisotopic (exact) mass is 332 g/mol. The van der Waals surface area contributed by atoms with Crippen molar-refractivity contribution in [2.24, 2.45) is 0 Å². The summed E-state index contributed by atoms with van der Waals surface area (Å²) in [5.74, 6) is 0. The summed E-state index contributed by atoms with van der Waals surface area (Å²) in [5.41, 5.74) is 0.802. The molecule has 0 N–H and O–H groups in total. The number of halogens is 1. The summed E-state index contributed by atoms with van der Waals surface area (Å²) in [5, 5.41) is 0.866. The highest BCUT2D eigenvalue weighted by molar-refractivity contribution is 9.09. The quantitative estimate of drug-likeness (QED) is 0.586. The van der Waals surface area contributed by atoms with Gasteiger partial charge in [0.25, 0.3) is 0 Å². The maximum atomic E-state index is 11.9. The van der Waals surface area contributed by atoms with E-state index in [0.29, 0.717) is 0 Å². The molecule has 110 valence electrons. The number of nitrogens with zero attached hydrogens (tertiary/aromatic N) is 2. The molecule has 0 radical (unpaired) electrons. The lowest BCUT2D eigenvalue weighted by molar-refractivity contribution is 0.0146. The van der Waals surface area contributed by atoms with E-state index in [1.54, 1.807) is 4.90 Å². The molecular weight excluding hydrogens is 308 g/mol. The third kappa shape index (κ3) is 6.43. The Kier molecular flexibility index (Phi) is 6.33. The minimum atomic E-state index is -0.415. The number of hydrogen-bond acceptors (Lipinski definition) is 3. The molecule has 0 aromatic carbocycles. The van der Waals surface area contributed by atoms with Gasteiger partial charge < -0.3 is 9.64 Å². The van der Waals surface area contributed by atoms with Gasteiger partial charge in [-0.05, 0) is 27.2 Å². The third-order valence-electron chi connectivity index (χ3n) is 2.99. The van der Waals surface area contributed by atoms with Gasteiger partial charge in [0, 0.05) is 38.1 Å². The molecule has 1 aliphatic heterocycles. The topological polar surface area (TPSA) is 32.8 Å². The predicted octanol–water partition coefficient (Wildman–Crippen LogP) is 2.88. The molecule has 0 aliphatic carbocycles. The lowest BCUT2D eigenvalue weighted by atomic mass is 10.2. The zero-order valence-corrected chi connectivity index (χ0v) is 13.8. The van der Waals surface area contributed by atoms with Crippen LogP contribution in [0.2, 0.25) is 0 Å². The fraction of sp³-hybridized carbons (Fsp3) is 0.786. The number of rotatable bonds is 4. The van der Waals surface area contributed by atoms with Gasteiger partial charge in [0.05, 0.1) is 0 Å². The Bertz CT molecular complexity index is 318. The molecule has 0 spiro atoms. The van der Waals surface area contributed by atoms with Crippen LogP contribution < -0.4 is 0 Å². The molecule has 0 atom stereocenters. The first-order valence-corrected chi connectivity index (χ1v) is 7.87. The van der Waals surface area contributed by atoms with Crippen molar-refractivity contribution >= 4 is 22.0 Å². The lowest BCUT2D eigenvalue weighted by Crippen LogP contribution is -2.50. The zero-order chi connectivity index (χ0) is 14.5. The summed E-state index contributed by atoms with van der Waals surface area (Å²) in [6.45, 7) is 14.0. The summed E-state index contributed by atoms with van der Waals surface area (Å²) < 4.78 is 5.38. The van der Waals surface area contributed by atoms with Crippen molar-refractivity contribution in [2.75, 3.05) is 38.1 Å². The zero-order valence-electron chi connectivity index (χ0n) is 12.2. The average molecular weight is 333 g/mol. The molecular formula is C14H25BrN2O2. The number of carbonyl (C=O) groups excluding carboxylic acids is 1. The van der Waals surface area contributed by atoms with Crippen molar-refractivity contribution in [3.8, 4) is 0 Å². The Labute approximate surface area is 124 Å².